The SMILES string of the molecule is Cc1nc(C(=O)N(C)C)ccc1C(=O)N1CCCc2c(N)cccc21.Cl. The van der Waals surface area contributed by atoms with Crippen LogP contribution < -0.4 is 10.6 Å². The average molecular weight is 375 g/mol. The zero-order valence-corrected chi connectivity index (χ0v) is 16.0. The van der Waals surface area contributed by atoms with Gasteiger partial charge in [-0.2, -0.15) is 0 Å². The highest BCUT2D eigenvalue weighted by Crippen LogP contribution is 2.32. The number of amides is 2. The lowest BCUT2D eigenvalue weighted by Crippen LogP contribution is -2.36. The fraction of sp³-hybridized carbons (Fsp3) is 0.316. The van der Waals surface area contributed by atoms with Gasteiger partial charge in [-0.25, -0.2) is 4.98 Å². The number of nitrogens with two attached hydrogens (primary N) is 1. The molecule has 3 rings (SSSR count). The van der Waals surface area contributed by atoms with E-state index in [0.717, 1.165) is 29.8 Å². The van der Waals surface area contributed by atoms with Gasteiger partial charge in [-0.3, -0.25) is 9.59 Å². The number of halogens is 1. The fourth-order valence-corrected chi connectivity index (χ4v) is 3.14. The van der Waals surface area contributed by atoms with Crippen LogP contribution in [0.4, 0.5) is 11.4 Å². The molecule has 0 saturated heterocycles. The molecule has 1 aromatic heterocycles. The molecule has 7 heteroatoms. The molecule has 1 aliphatic heterocycles. The van der Waals surface area contributed by atoms with Crippen molar-refractivity contribution in [3.8, 4) is 0 Å². The number of rotatable bonds is 2. The molecule has 2 heterocycles. The topological polar surface area (TPSA) is 79.5 Å². The zero-order chi connectivity index (χ0) is 18.1. The van der Waals surface area contributed by atoms with Crippen molar-refractivity contribution in [2.24, 2.45) is 0 Å². The molecule has 0 radical (unpaired) electrons. The maximum atomic E-state index is 13.1. The van der Waals surface area contributed by atoms with E-state index in [1.165, 1.54) is 4.90 Å². The molecule has 0 spiro atoms. The summed E-state index contributed by atoms with van der Waals surface area (Å²) < 4.78 is 0. The van der Waals surface area contributed by atoms with E-state index in [4.69, 9.17) is 5.73 Å². The number of aromatic nitrogens is 1. The summed E-state index contributed by atoms with van der Waals surface area (Å²) in [6.07, 6.45) is 1.75. The average Bonchev–Trinajstić information content (AvgIpc) is 2.60. The van der Waals surface area contributed by atoms with Crippen molar-refractivity contribution in [1.82, 2.24) is 9.88 Å². The van der Waals surface area contributed by atoms with Gasteiger partial charge in [0.05, 0.1) is 11.3 Å². The van der Waals surface area contributed by atoms with Crippen LogP contribution in [0, 0.1) is 6.92 Å². The van der Waals surface area contributed by atoms with Gasteiger partial charge in [0, 0.05) is 32.0 Å². The molecule has 0 unspecified atom stereocenters. The lowest BCUT2D eigenvalue weighted by molar-refractivity contribution is 0.0820. The monoisotopic (exact) mass is 374 g/mol. The maximum absolute atomic E-state index is 13.1. The van der Waals surface area contributed by atoms with E-state index < -0.39 is 0 Å². The predicted molar refractivity (Wildman–Crippen MR) is 105 cm³/mol. The highest BCUT2D eigenvalue weighted by atomic mass is 35.5. The number of aryl methyl sites for hydroxylation is 1. The van der Waals surface area contributed by atoms with E-state index in [0.29, 0.717) is 23.5 Å². The van der Waals surface area contributed by atoms with E-state index in [-0.39, 0.29) is 24.2 Å². The van der Waals surface area contributed by atoms with Crippen LogP contribution in [0.15, 0.2) is 30.3 Å². The number of carbonyl (C=O) groups excluding carboxylic acids is 2. The minimum absolute atomic E-state index is 0. The Hall–Kier alpha value is -2.60. The quantitative estimate of drug-likeness (QED) is 0.819. The van der Waals surface area contributed by atoms with Crippen molar-refractivity contribution in [1.29, 1.82) is 0 Å². The number of hydrogen-bond donors (Lipinski definition) is 1. The molecule has 0 bridgehead atoms. The van der Waals surface area contributed by atoms with Crippen molar-refractivity contribution in [3.05, 3.63) is 52.8 Å². The zero-order valence-electron chi connectivity index (χ0n) is 15.2. The van der Waals surface area contributed by atoms with Gasteiger partial charge in [-0.1, -0.05) is 6.07 Å². The minimum atomic E-state index is -0.182. The Balaban J connectivity index is 0.00000243. The second kappa shape index (κ2) is 7.74. The number of carbonyl (C=O) groups is 2. The van der Waals surface area contributed by atoms with Crippen molar-refractivity contribution < 1.29 is 9.59 Å². The van der Waals surface area contributed by atoms with Gasteiger partial charge in [-0.05, 0) is 49.6 Å². The normalized spacial score (nSPS) is 12.8. The maximum Gasteiger partial charge on any atom is 0.271 e. The van der Waals surface area contributed by atoms with Crippen LogP contribution in [-0.4, -0.2) is 42.3 Å². The molecule has 1 aromatic carbocycles. The Morgan fingerprint density at radius 1 is 1.19 bits per heavy atom. The summed E-state index contributed by atoms with van der Waals surface area (Å²) in [5.74, 6) is -0.293. The Bertz CT molecular complexity index is 851. The van der Waals surface area contributed by atoms with E-state index in [1.807, 2.05) is 18.2 Å². The second-order valence-corrected chi connectivity index (χ2v) is 6.43. The summed E-state index contributed by atoms with van der Waals surface area (Å²) in [5, 5.41) is 0. The number of hydrogen-bond acceptors (Lipinski definition) is 4. The van der Waals surface area contributed by atoms with Crippen molar-refractivity contribution in [2.75, 3.05) is 31.3 Å². The summed E-state index contributed by atoms with van der Waals surface area (Å²) in [6.45, 7) is 2.40. The van der Waals surface area contributed by atoms with Crippen LogP contribution in [0.5, 0.6) is 0 Å². The van der Waals surface area contributed by atoms with Gasteiger partial charge in [-0.15, -0.1) is 12.4 Å². The molecule has 2 N–H and O–H groups in total. The minimum Gasteiger partial charge on any atom is -0.398 e. The molecular formula is C19H23ClN4O2. The number of benzene rings is 1. The van der Waals surface area contributed by atoms with Crippen molar-refractivity contribution >= 4 is 35.6 Å². The summed E-state index contributed by atoms with van der Waals surface area (Å²) in [5.41, 5.74) is 10.1. The molecular weight excluding hydrogens is 352 g/mol. The molecule has 0 atom stereocenters. The van der Waals surface area contributed by atoms with E-state index in [1.54, 1.807) is 38.1 Å². The molecule has 26 heavy (non-hydrogen) atoms. The van der Waals surface area contributed by atoms with Crippen molar-refractivity contribution in [2.45, 2.75) is 19.8 Å². The van der Waals surface area contributed by atoms with Gasteiger partial charge in [0.15, 0.2) is 0 Å². The van der Waals surface area contributed by atoms with E-state index in [2.05, 4.69) is 4.98 Å². The molecule has 138 valence electrons. The number of fused-ring (bicyclic) bond motifs is 1. The number of anilines is 2. The molecule has 0 aliphatic carbocycles. The Morgan fingerprint density at radius 3 is 2.58 bits per heavy atom. The van der Waals surface area contributed by atoms with E-state index in [9.17, 15) is 9.59 Å². The largest absolute Gasteiger partial charge is 0.398 e. The first-order valence-corrected chi connectivity index (χ1v) is 8.28. The molecule has 0 fully saturated rings. The molecule has 6 nitrogen and oxygen atoms in total. The fourth-order valence-electron chi connectivity index (χ4n) is 3.14. The standard InChI is InChI=1S/C19H22N4O2.ClH/c1-12-13(9-10-16(21-12)19(25)22(2)3)18(24)23-11-5-6-14-15(20)7-4-8-17(14)23;/h4,7-10H,5-6,11,20H2,1-3H3;1H. The van der Waals surface area contributed by atoms with Crippen LogP contribution >= 0.6 is 12.4 Å². The lowest BCUT2D eigenvalue weighted by atomic mass is 9.99. The Kier molecular flexibility index (Phi) is 5.87. The first-order valence-electron chi connectivity index (χ1n) is 8.28. The molecule has 2 amide bonds. The summed E-state index contributed by atoms with van der Waals surface area (Å²) in [4.78, 5) is 32.6. The predicted octanol–water partition coefficient (Wildman–Crippen LogP) is 2.69. The lowest BCUT2D eigenvalue weighted by Gasteiger charge is -2.30. The number of nitrogen functional groups attached to an aromatic ring is 1. The van der Waals surface area contributed by atoms with Gasteiger partial charge >= 0.3 is 0 Å². The van der Waals surface area contributed by atoms with Crippen LogP contribution in [0.25, 0.3) is 0 Å². The van der Waals surface area contributed by atoms with Crippen LogP contribution in [0.3, 0.4) is 0 Å². The summed E-state index contributed by atoms with van der Waals surface area (Å²) in [6, 6.07) is 8.94. The third-order valence-corrected chi connectivity index (χ3v) is 4.47. The van der Waals surface area contributed by atoms with Crippen LogP contribution in [-0.2, 0) is 6.42 Å². The van der Waals surface area contributed by atoms with Gasteiger partial charge in [0.25, 0.3) is 11.8 Å². The molecule has 1 aliphatic rings. The Morgan fingerprint density at radius 2 is 1.92 bits per heavy atom. The van der Waals surface area contributed by atoms with Gasteiger partial charge < -0.3 is 15.5 Å². The smallest absolute Gasteiger partial charge is 0.271 e. The summed E-state index contributed by atoms with van der Waals surface area (Å²) >= 11 is 0. The third kappa shape index (κ3) is 3.51. The van der Waals surface area contributed by atoms with Crippen LogP contribution in [0.2, 0.25) is 0 Å². The Labute approximate surface area is 159 Å². The summed E-state index contributed by atoms with van der Waals surface area (Å²) in [7, 11) is 3.35. The number of pyridine rings is 1. The highest BCUT2D eigenvalue weighted by molar-refractivity contribution is 6.08. The first kappa shape index (κ1) is 19.7. The van der Waals surface area contributed by atoms with Gasteiger partial charge in [0.2, 0.25) is 0 Å². The van der Waals surface area contributed by atoms with Gasteiger partial charge in [0.1, 0.15) is 5.69 Å². The first-order chi connectivity index (χ1) is 11.9. The number of nitrogens with zero attached hydrogens (tertiary/aromatic N) is 3. The third-order valence-electron chi connectivity index (χ3n) is 4.47. The molecule has 2 aromatic rings. The van der Waals surface area contributed by atoms with Crippen LogP contribution in [0.1, 0.15) is 38.5 Å². The highest BCUT2D eigenvalue weighted by Gasteiger charge is 2.26. The van der Waals surface area contributed by atoms with E-state index >= 15 is 0 Å². The second-order valence-electron chi connectivity index (χ2n) is 6.43. The molecule has 0 saturated carbocycles. The van der Waals surface area contributed by atoms with Crippen molar-refractivity contribution in [3.63, 3.8) is 0 Å².